The van der Waals surface area contributed by atoms with Crippen LogP contribution < -0.4 is 10.1 Å². The van der Waals surface area contributed by atoms with Gasteiger partial charge in [-0.2, -0.15) is 0 Å². The highest BCUT2D eigenvalue weighted by atomic mass is 32.1. The molecule has 7 heteroatoms. The molecule has 3 rings (SSSR count). The van der Waals surface area contributed by atoms with Gasteiger partial charge in [-0.15, -0.1) is 11.3 Å². The SMILES string of the molecule is CCc1ccc(OCC(=O)Nc2scc(-c3ccc(F)cc3)c2C(=O)OC)cc1. The van der Waals surface area contributed by atoms with Gasteiger partial charge < -0.3 is 14.8 Å². The van der Waals surface area contributed by atoms with E-state index in [1.165, 1.54) is 36.1 Å². The van der Waals surface area contributed by atoms with Crippen LogP contribution in [0.1, 0.15) is 22.8 Å². The van der Waals surface area contributed by atoms with E-state index >= 15 is 0 Å². The molecule has 2 aromatic carbocycles. The highest BCUT2D eigenvalue weighted by molar-refractivity contribution is 7.15. The van der Waals surface area contributed by atoms with E-state index < -0.39 is 11.9 Å². The molecule has 1 aromatic heterocycles. The summed E-state index contributed by atoms with van der Waals surface area (Å²) in [5, 5.41) is 4.77. The van der Waals surface area contributed by atoms with Crippen LogP contribution in [0.25, 0.3) is 11.1 Å². The monoisotopic (exact) mass is 413 g/mol. The lowest BCUT2D eigenvalue weighted by Crippen LogP contribution is -2.21. The first-order chi connectivity index (χ1) is 14.0. The van der Waals surface area contributed by atoms with E-state index in [1.54, 1.807) is 17.5 Å². The standard InChI is InChI=1S/C22H20FNO4S/c1-3-14-4-10-17(11-5-14)28-12-19(25)24-21-20(22(26)27-2)18(13-29-21)15-6-8-16(23)9-7-15/h4-11,13H,3,12H2,1-2H3,(H,24,25). The van der Waals surface area contributed by atoms with Crippen LogP contribution in [0.15, 0.2) is 53.9 Å². The maximum Gasteiger partial charge on any atom is 0.341 e. The molecule has 0 bridgehead atoms. The average molecular weight is 413 g/mol. The predicted molar refractivity (Wildman–Crippen MR) is 111 cm³/mol. The number of hydrogen-bond donors (Lipinski definition) is 1. The van der Waals surface area contributed by atoms with Crippen molar-refractivity contribution in [3.63, 3.8) is 0 Å². The Kier molecular flexibility index (Phi) is 6.61. The molecule has 0 spiro atoms. The molecule has 1 heterocycles. The summed E-state index contributed by atoms with van der Waals surface area (Å²) in [7, 11) is 1.27. The van der Waals surface area contributed by atoms with Gasteiger partial charge in [0.05, 0.1) is 7.11 Å². The van der Waals surface area contributed by atoms with Crippen LogP contribution in [0.4, 0.5) is 9.39 Å². The highest BCUT2D eigenvalue weighted by Gasteiger charge is 2.22. The largest absolute Gasteiger partial charge is 0.484 e. The second-order valence-corrected chi connectivity index (χ2v) is 7.07. The molecular formula is C22H20FNO4S. The minimum Gasteiger partial charge on any atom is -0.484 e. The molecule has 1 amide bonds. The number of halogens is 1. The van der Waals surface area contributed by atoms with E-state index in [1.807, 2.05) is 24.3 Å². The zero-order chi connectivity index (χ0) is 20.8. The van der Waals surface area contributed by atoms with Crippen LogP contribution in [-0.2, 0) is 16.0 Å². The lowest BCUT2D eigenvalue weighted by atomic mass is 10.0. The number of thiophene rings is 1. The van der Waals surface area contributed by atoms with Crippen molar-refractivity contribution in [1.29, 1.82) is 0 Å². The number of ether oxygens (including phenoxy) is 2. The van der Waals surface area contributed by atoms with Gasteiger partial charge in [0.2, 0.25) is 0 Å². The normalized spacial score (nSPS) is 10.4. The van der Waals surface area contributed by atoms with Gasteiger partial charge in [0.15, 0.2) is 6.61 Å². The number of nitrogens with one attached hydrogen (secondary N) is 1. The molecule has 29 heavy (non-hydrogen) atoms. The van der Waals surface area contributed by atoms with Crippen molar-refractivity contribution >= 4 is 28.2 Å². The number of benzene rings is 2. The van der Waals surface area contributed by atoms with Crippen molar-refractivity contribution in [1.82, 2.24) is 0 Å². The van der Waals surface area contributed by atoms with E-state index in [2.05, 4.69) is 12.2 Å². The summed E-state index contributed by atoms with van der Waals surface area (Å²) < 4.78 is 23.6. The van der Waals surface area contributed by atoms with Crippen molar-refractivity contribution in [3.05, 3.63) is 70.9 Å². The Labute approximate surface area is 172 Å². The Hall–Kier alpha value is -3.19. The molecule has 0 aliphatic carbocycles. The van der Waals surface area contributed by atoms with Crippen LogP contribution in [-0.4, -0.2) is 25.6 Å². The fourth-order valence-electron chi connectivity index (χ4n) is 2.73. The van der Waals surface area contributed by atoms with Crippen molar-refractivity contribution in [3.8, 4) is 16.9 Å². The van der Waals surface area contributed by atoms with Gasteiger partial charge in [-0.1, -0.05) is 31.2 Å². The number of rotatable bonds is 7. The Morgan fingerprint density at radius 2 is 1.76 bits per heavy atom. The molecule has 0 radical (unpaired) electrons. The summed E-state index contributed by atoms with van der Waals surface area (Å²) in [5.74, 6) is -0.774. The van der Waals surface area contributed by atoms with Gasteiger partial charge in [-0.05, 0) is 41.8 Å². The minimum absolute atomic E-state index is 0.199. The van der Waals surface area contributed by atoms with Crippen molar-refractivity contribution < 1.29 is 23.5 Å². The highest BCUT2D eigenvalue weighted by Crippen LogP contribution is 2.36. The topological polar surface area (TPSA) is 64.6 Å². The number of esters is 1. The summed E-state index contributed by atoms with van der Waals surface area (Å²) in [5.41, 5.74) is 2.62. The second-order valence-electron chi connectivity index (χ2n) is 6.19. The number of hydrogen-bond acceptors (Lipinski definition) is 5. The predicted octanol–water partition coefficient (Wildman–Crippen LogP) is 4.92. The molecule has 0 aliphatic rings. The molecule has 0 fully saturated rings. The summed E-state index contributed by atoms with van der Waals surface area (Å²) >= 11 is 1.19. The summed E-state index contributed by atoms with van der Waals surface area (Å²) in [4.78, 5) is 24.6. The van der Waals surface area contributed by atoms with E-state index in [9.17, 15) is 14.0 Å². The second kappa shape index (κ2) is 9.34. The number of carbonyl (C=O) groups is 2. The molecule has 0 unspecified atom stereocenters. The van der Waals surface area contributed by atoms with E-state index in [0.717, 1.165) is 6.42 Å². The molecule has 0 saturated heterocycles. The quantitative estimate of drug-likeness (QED) is 0.559. The number of anilines is 1. The Morgan fingerprint density at radius 3 is 2.38 bits per heavy atom. The molecule has 0 atom stereocenters. The van der Waals surface area contributed by atoms with E-state index in [4.69, 9.17) is 9.47 Å². The van der Waals surface area contributed by atoms with Crippen LogP contribution in [0.5, 0.6) is 5.75 Å². The van der Waals surface area contributed by atoms with Crippen LogP contribution >= 0.6 is 11.3 Å². The summed E-state index contributed by atoms with van der Waals surface area (Å²) in [6.45, 7) is 1.86. The van der Waals surface area contributed by atoms with Gasteiger partial charge in [-0.25, -0.2) is 9.18 Å². The fourth-order valence-corrected chi connectivity index (χ4v) is 3.70. The zero-order valence-electron chi connectivity index (χ0n) is 16.0. The molecule has 150 valence electrons. The maximum absolute atomic E-state index is 13.2. The lowest BCUT2D eigenvalue weighted by molar-refractivity contribution is -0.118. The summed E-state index contributed by atoms with van der Waals surface area (Å²) in [6.07, 6.45) is 0.922. The molecule has 5 nitrogen and oxygen atoms in total. The third-order valence-corrected chi connectivity index (χ3v) is 5.19. The Bertz CT molecular complexity index is 997. The number of aryl methyl sites for hydroxylation is 1. The number of methoxy groups -OCH3 is 1. The Balaban J connectivity index is 1.74. The van der Waals surface area contributed by atoms with E-state index in [0.29, 0.717) is 21.9 Å². The first-order valence-corrected chi connectivity index (χ1v) is 9.87. The first kappa shape index (κ1) is 20.5. The molecule has 0 saturated carbocycles. The van der Waals surface area contributed by atoms with Crippen LogP contribution in [0, 0.1) is 5.82 Å². The van der Waals surface area contributed by atoms with Gasteiger partial charge in [0.25, 0.3) is 5.91 Å². The van der Waals surface area contributed by atoms with Gasteiger partial charge >= 0.3 is 5.97 Å². The van der Waals surface area contributed by atoms with Crippen molar-refractivity contribution in [2.45, 2.75) is 13.3 Å². The zero-order valence-corrected chi connectivity index (χ0v) is 16.8. The summed E-state index contributed by atoms with van der Waals surface area (Å²) in [6, 6.07) is 13.3. The van der Waals surface area contributed by atoms with Gasteiger partial charge in [0, 0.05) is 10.9 Å². The average Bonchev–Trinajstić information content (AvgIpc) is 3.16. The lowest BCUT2D eigenvalue weighted by Gasteiger charge is -2.09. The van der Waals surface area contributed by atoms with Crippen molar-refractivity contribution in [2.75, 3.05) is 19.0 Å². The number of amides is 1. The van der Waals surface area contributed by atoms with Crippen LogP contribution in [0.2, 0.25) is 0 Å². The van der Waals surface area contributed by atoms with E-state index in [-0.39, 0.29) is 18.0 Å². The van der Waals surface area contributed by atoms with Gasteiger partial charge in [-0.3, -0.25) is 4.79 Å². The first-order valence-electron chi connectivity index (χ1n) is 8.99. The number of carbonyl (C=O) groups excluding carboxylic acids is 2. The molecular weight excluding hydrogens is 393 g/mol. The third-order valence-electron chi connectivity index (χ3n) is 4.29. The third kappa shape index (κ3) is 5.00. The van der Waals surface area contributed by atoms with Crippen molar-refractivity contribution in [2.24, 2.45) is 0 Å². The minimum atomic E-state index is -0.586. The smallest absolute Gasteiger partial charge is 0.341 e. The molecule has 3 aromatic rings. The Morgan fingerprint density at radius 1 is 1.07 bits per heavy atom. The molecule has 1 N–H and O–H groups in total. The van der Waals surface area contributed by atoms with Gasteiger partial charge in [0.1, 0.15) is 22.1 Å². The molecule has 0 aliphatic heterocycles. The van der Waals surface area contributed by atoms with Crippen LogP contribution in [0.3, 0.4) is 0 Å². The maximum atomic E-state index is 13.2. The fraction of sp³-hybridized carbons (Fsp3) is 0.182.